The minimum atomic E-state index is -0.824. The number of amides is 4. The van der Waals surface area contributed by atoms with Crippen LogP contribution in [0.2, 0.25) is 0 Å². The molecule has 1 saturated heterocycles. The lowest BCUT2D eigenvalue weighted by Crippen LogP contribution is -2.58. The first-order valence-electron chi connectivity index (χ1n) is 10.7. The zero-order valence-electron chi connectivity index (χ0n) is 19.3. The molecule has 1 aliphatic rings. The number of carbonyl (C=O) groups excluding carboxylic acids is 4. The van der Waals surface area contributed by atoms with E-state index >= 15 is 0 Å². The molecule has 9 heteroatoms. The van der Waals surface area contributed by atoms with Gasteiger partial charge in [0.1, 0.15) is 23.7 Å². The van der Waals surface area contributed by atoms with Gasteiger partial charge in [-0.05, 0) is 45.4 Å². The van der Waals surface area contributed by atoms with Crippen LogP contribution in [0.3, 0.4) is 0 Å². The highest BCUT2D eigenvalue weighted by Crippen LogP contribution is 2.21. The molecule has 4 atom stereocenters. The Kier molecular flexibility index (Phi) is 9.11. The third kappa shape index (κ3) is 7.18. The number of alkyl carbamates (subject to hydrolysis) is 1. The lowest BCUT2D eigenvalue weighted by atomic mass is 9.98. The minimum Gasteiger partial charge on any atom is -0.444 e. The van der Waals surface area contributed by atoms with Crippen molar-refractivity contribution in [3.05, 3.63) is 0 Å². The lowest BCUT2D eigenvalue weighted by molar-refractivity contribution is -0.141. The van der Waals surface area contributed by atoms with Crippen LogP contribution in [0, 0.1) is 11.8 Å². The molecular weight excluding hydrogens is 388 g/mol. The van der Waals surface area contributed by atoms with E-state index in [1.807, 2.05) is 27.7 Å². The summed E-state index contributed by atoms with van der Waals surface area (Å²) in [6.45, 7) is 13.0. The SMILES string of the molecule is CC[C@@H](C)[C@H](NC(=O)[C@@H]1CCCN1C(=O)[C@H](NC(=O)OC(C)(C)C)C(C)C)C(N)=O. The van der Waals surface area contributed by atoms with Crippen LogP contribution in [0.1, 0.15) is 67.7 Å². The summed E-state index contributed by atoms with van der Waals surface area (Å²) in [4.78, 5) is 51.5. The average molecular weight is 427 g/mol. The molecule has 0 aromatic rings. The van der Waals surface area contributed by atoms with E-state index in [2.05, 4.69) is 10.6 Å². The van der Waals surface area contributed by atoms with Gasteiger partial charge in [0, 0.05) is 6.54 Å². The number of hydrogen-bond donors (Lipinski definition) is 3. The van der Waals surface area contributed by atoms with Crippen LogP contribution >= 0.6 is 0 Å². The fourth-order valence-electron chi connectivity index (χ4n) is 3.41. The first-order valence-corrected chi connectivity index (χ1v) is 10.7. The van der Waals surface area contributed by atoms with E-state index < -0.39 is 41.6 Å². The Hall–Kier alpha value is -2.32. The van der Waals surface area contributed by atoms with Crippen molar-refractivity contribution in [2.75, 3.05) is 6.54 Å². The van der Waals surface area contributed by atoms with Gasteiger partial charge in [-0.3, -0.25) is 14.4 Å². The highest BCUT2D eigenvalue weighted by atomic mass is 16.6. The van der Waals surface area contributed by atoms with Crippen molar-refractivity contribution in [1.82, 2.24) is 15.5 Å². The second kappa shape index (κ2) is 10.6. The zero-order chi connectivity index (χ0) is 23.2. The molecule has 0 aromatic heterocycles. The Balaban J connectivity index is 2.93. The second-order valence-corrected chi connectivity index (χ2v) is 9.33. The molecule has 0 aromatic carbocycles. The number of ether oxygens (including phenoxy) is 1. The standard InChI is InChI=1S/C21H38N4O5/c1-8-13(4)16(17(22)26)23-18(27)14-10-9-11-25(14)19(28)15(12(2)3)24-20(29)30-21(5,6)7/h12-16H,8-11H2,1-7H3,(H2,22,26)(H,23,27)(H,24,29)/t13-,14+,15-,16+/m1/s1. The number of carbonyl (C=O) groups is 4. The molecule has 172 valence electrons. The normalized spacial score (nSPS) is 19.7. The van der Waals surface area contributed by atoms with Crippen LogP contribution in [0.5, 0.6) is 0 Å². The smallest absolute Gasteiger partial charge is 0.408 e. The maximum Gasteiger partial charge on any atom is 0.408 e. The molecule has 0 aliphatic carbocycles. The van der Waals surface area contributed by atoms with E-state index in [-0.39, 0.29) is 17.7 Å². The molecule has 1 heterocycles. The van der Waals surface area contributed by atoms with E-state index in [9.17, 15) is 19.2 Å². The number of nitrogens with one attached hydrogen (secondary N) is 2. The highest BCUT2D eigenvalue weighted by Gasteiger charge is 2.40. The quantitative estimate of drug-likeness (QED) is 0.542. The molecule has 0 spiro atoms. The van der Waals surface area contributed by atoms with Gasteiger partial charge in [-0.15, -0.1) is 0 Å². The number of likely N-dealkylation sites (tertiary alicyclic amines) is 1. The van der Waals surface area contributed by atoms with E-state index in [1.54, 1.807) is 20.8 Å². The van der Waals surface area contributed by atoms with Gasteiger partial charge in [0.2, 0.25) is 17.7 Å². The summed E-state index contributed by atoms with van der Waals surface area (Å²) in [5, 5.41) is 5.35. The van der Waals surface area contributed by atoms with Gasteiger partial charge < -0.3 is 26.0 Å². The van der Waals surface area contributed by atoms with Gasteiger partial charge in [0.05, 0.1) is 0 Å². The van der Waals surface area contributed by atoms with Crippen molar-refractivity contribution in [1.29, 1.82) is 0 Å². The predicted molar refractivity (Wildman–Crippen MR) is 113 cm³/mol. The summed E-state index contributed by atoms with van der Waals surface area (Å²) in [6.07, 6.45) is 1.14. The third-order valence-electron chi connectivity index (χ3n) is 5.26. The van der Waals surface area contributed by atoms with Gasteiger partial charge in [-0.25, -0.2) is 4.79 Å². The molecule has 0 radical (unpaired) electrons. The lowest BCUT2D eigenvalue weighted by Gasteiger charge is -2.32. The van der Waals surface area contributed by atoms with Crippen LogP contribution < -0.4 is 16.4 Å². The molecule has 0 unspecified atom stereocenters. The van der Waals surface area contributed by atoms with Crippen LogP contribution in [0.25, 0.3) is 0 Å². The molecule has 1 rings (SSSR count). The van der Waals surface area contributed by atoms with Crippen molar-refractivity contribution in [2.24, 2.45) is 17.6 Å². The number of rotatable bonds is 8. The maximum atomic E-state index is 13.2. The fraction of sp³-hybridized carbons (Fsp3) is 0.810. The second-order valence-electron chi connectivity index (χ2n) is 9.33. The van der Waals surface area contributed by atoms with Gasteiger partial charge >= 0.3 is 6.09 Å². The van der Waals surface area contributed by atoms with Gasteiger partial charge in [-0.1, -0.05) is 34.1 Å². The highest BCUT2D eigenvalue weighted by molar-refractivity contribution is 5.94. The van der Waals surface area contributed by atoms with E-state index in [0.717, 1.165) is 0 Å². The number of hydrogen-bond acceptors (Lipinski definition) is 5. The van der Waals surface area contributed by atoms with Crippen molar-refractivity contribution in [3.8, 4) is 0 Å². The third-order valence-corrected chi connectivity index (χ3v) is 5.26. The summed E-state index contributed by atoms with van der Waals surface area (Å²) in [7, 11) is 0. The topological polar surface area (TPSA) is 131 Å². The van der Waals surface area contributed by atoms with Crippen LogP contribution in [0.4, 0.5) is 4.79 Å². The van der Waals surface area contributed by atoms with Crippen molar-refractivity contribution >= 4 is 23.8 Å². The number of nitrogens with two attached hydrogens (primary N) is 1. The van der Waals surface area contributed by atoms with Crippen molar-refractivity contribution < 1.29 is 23.9 Å². The van der Waals surface area contributed by atoms with Crippen molar-refractivity contribution in [3.63, 3.8) is 0 Å². The first-order chi connectivity index (χ1) is 13.8. The Morgan fingerprint density at radius 2 is 1.70 bits per heavy atom. The predicted octanol–water partition coefficient (Wildman–Crippen LogP) is 1.54. The molecule has 0 bridgehead atoms. The molecule has 30 heavy (non-hydrogen) atoms. The fourth-order valence-corrected chi connectivity index (χ4v) is 3.41. The van der Waals surface area contributed by atoms with Crippen LogP contribution in [-0.4, -0.2) is 59.0 Å². The van der Waals surface area contributed by atoms with Crippen LogP contribution in [-0.2, 0) is 19.1 Å². The van der Waals surface area contributed by atoms with Gasteiger partial charge in [0.25, 0.3) is 0 Å². The van der Waals surface area contributed by atoms with E-state index in [4.69, 9.17) is 10.5 Å². The summed E-state index contributed by atoms with van der Waals surface area (Å²) < 4.78 is 5.27. The molecule has 4 N–H and O–H groups in total. The number of nitrogens with zero attached hydrogens (tertiary/aromatic N) is 1. The first kappa shape index (κ1) is 25.7. The Morgan fingerprint density at radius 1 is 1.10 bits per heavy atom. The molecule has 1 fully saturated rings. The van der Waals surface area contributed by atoms with Gasteiger partial charge in [0.15, 0.2) is 0 Å². The molecule has 4 amide bonds. The maximum absolute atomic E-state index is 13.2. The van der Waals surface area contributed by atoms with E-state index in [1.165, 1.54) is 4.90 Å². The summed E-state index contributed by atoms with van der Waals surface area (Å²) in [5.74, 6) is -1.65. The number of primary amides is 1. The van der Waals surface area contributed by atoms with Gasteiger partial charge in [-0.2, -0.15) is 0 Å². The molecular formula is C21H38N4O5. The Bertz CT molecular complexity index is 644. The largest absolute Gasteiger partial charge is 0.444 e. The Labute approximate surface area is 179 Å². The van der Waals surface area contributed by atoms with E-state index in [0.29, 0.717) is 25.8 Å². The minimum absolute atomic E-state index is 0.116. The summed E-state index contributed by atoms with van der Waals surface area (Å²) >= 11 is 0. The Morgan fingerprint density at radius 3 is 2.17 bits per heavy atom. The molecule has 9 nitrogen and oxygen atoms in total. The summed E-state index contributed by atoms with van der Waals surface area (Å²) in [6, 6.07) is -2.32. The monoisotopic (exact) mass is 426 g/mol. The zero-order valence-corrected chi connectivity index (χ0v) is 19.3. The summed E-state index contributed by atoms with van der Waals surface area (Å²) in [5.41, 5.74) is 4.76. The van der Waals surface area contributed by atoms with Crippen molar-refractivity contribution in [2.45, 2.75) is 91.5 Å². The molecule has 0 saturated carbocycles. The molecule has 1 aliphatic heterocycles. The van der Waals surface area contributed by atoms with Crippen LogP contribution in [0.15, 0.2) is 0 Å². The average Bonchev–Trinajstić information content (AvgIpc) is 3.10.